The Kier molecular flexibility index (Phi) is 6.48. The van der Waals surface area contributed by atoms with Gasteiger partial charge in [0.15, 0.2) is 0 Å². The van der Waals surface area contributed by atoms with Gasteiger partial charge in [0.1, 0.15) is 0 Å². The van der Waals surface area contributed by atoms with E-state index in [2.05, 4.69) is 9.88 Å². The lowest BCUT2D eigenvalue weighted by Gasteiger charge is -2.35. The Morgan fingerprint density at radius 3 is 2.62 bits per heavy atom. The fraction of sp³-hybridized carbons (Fsp3) is 0.600. The Morgan fingerprint density at radius 2 is 2.00 bits per heavy atom. The van der Waals surface area contributed by atoms with Crippen molar-refractivity contribution in [1.82, 2.24) is 14.8 Å². The van der Waals surface area contributed by atoms with Gasteiger partial charge in [0.05, 0.1) is 6.04 Å². The predicted molar refractivity (Wildman–Crippen MR) is 87.1 cm³/mol. The molecule has 1 aromatic heterocycles. The van der Waals surface area contributed by atoms with Crippen LogP contribution in [0.15, 0.2) is 24.5 Å². The molecule has 2 N–H and O–H groups in total. The minimum Gasteiger partial charge on any atom is -0.339 e. The minimum atomic E-state index is -0.343. The third-order valence-corrected chi connectivity index (χ3v) is 4.43. The van der Waals surface area contributed by atoms with E-state index in [1.807, 2.05) is 35.7 Å². The third-order valence-electron chi connectivity index (χ3n) is 3.79. The standard InChI is InChI=1S/C15H24N4OS/c1-21-11-4-14(16)15(20)19-9-7-18(8-10-19)12-13-2-5-17-6-3-13/h2-3,5-6,14H,4,7-12,16H2,1H3/t14-/m0/s1. The number of thioether (sulfide) groups is 1. The molecule has 1 atom stereocenters. The number of amides is 1. The SMILES string of the molecule is CSCC[C@H](N)C(=O)N1CCN(Cc2ccncc2)CC1. The van der Waals surface area contributed by atoms with E-state index in [-0.39, 0.29) is 11.9 Å². The summed E-state index contributed by atoms with van der Waals surface area (Å²) in [6, 6.07) is 3.73. The van der Waals surface area contributed by atoms with E-state index in [1.165, 1.54) is 5.56 Å². The minimum absolute atomic E-state index is 0.104. The number of hydrogen-bond acceptors (Lipinski definition) is 5. The van der Waals surface area contributed by atoms with Crippen LogP contribution in [0.4, 0.5) is 0 Å². The highest BCUT2D eigenvalue weighted by Gasteiger charge is 2.24. The van der Waals surface area contributed by atoms with Gasteiger partial charge in [-0.25, -0.2) is 0 Å². The molecule has 0 unspecified atom stereocenters. The molecule has 6 heteroatoms. The highest BCUT2D eigenvalue weighted by molar-refractivity contribution is 7.98. The zero-order valence-corrected chi connectivity index (χ0v) is 13.4. The smallest absolute Gasteiger partial charge is 0.239 e. The summed E-state index contributed by atoms with van der Waals surface area (Å²) in [6.07, 6.45) is 6.44. The molecule has 1 aliphatic heterocycles. The van der Waals surface area contributed by atoms with Gasteiger partial charge in [-0.2, -0.15) is 11.8 Å². The van der Waals surface area contributed by atoms with E-state index in [0.29, 0.717) is 0 Å². The maximum Gasteiger partial charge on any atom is 0.239 e. The van der Waals surface area contributed by atoms with Gasteiger partial charge < -0.3 is 10.6 Å². The number of piperazine rings is 1. The van der Waals surface area contributed by atoms with Crippen molar-refractivity contribution < 1.29 is 4.79 Å². The maximum atomic E-state index is 12.2. The van der Waals surface area contributed by atoms with Gasteiger partial charge in [-0.05, 0) is 36.1 Å². The van der Waals surface area contributed by atoms with Crippen LogP contribution < -0.4 is 5.73 Å². The van der Waals surface area contributed by atoms with Crippen LogP contribution in [0.25, 0.3) is 0 Å². The van der Waals surface area contributed by atoms with Gasteiger partial charge in [0.25, 0.3) is 0 Å². The van der Waals surface area contributed by atoms with Crippen molar-refractivity contribution in [3.05, 3.63) is 30.1 Å². The number of pyridine rings is 1. The fourth-order valence-electron chi connectivity index (χ4n) is 2.48. The van der Waals surface area contributed by atoms with Crippen molar-refractivity contribution in [2.45, 2.75) is 19.0 Å². The zero-order valence-electron chi connectivity index (χ0n) is 12.6. The average molecular weight is 308 g/mol. The van der Waals surface area contributed by atoms with Gasteiger partial charge in [0.2, 0.25) is 5.91 Å². The summed E-state index contributed by atoms with van der Waals surface area (Å²) in [7, 11) is 0. The zero-order chi connectivity index (χ0) is 15.1. The van der Waals surface area contributed by atoms with Crippen LogP contribution in [0, 0.1) is 0 Å². The quantitative estimate of drug-likeness (QED) is 0.842. The number of nitrogens with zero attached hydrogens (tertiary/aromatic N) is 3. The van der Waals surface area contributed by atoms with Crippen molar-refractivity contribution in [2.24, 2.45) is 5.73 Å². The molecule has 2 rings (SSSR count). The molecule has 1 fully saturated rings. The van der Waals surface area contributed by atoms with Gasteiger partial charge in [-0.15, -0.1) is 0 Å². The van der Waals surface area contributed by atoms with Crippen LogP contribution in [0.3, 0.4) is 0 Å². The summed E-state index contributed by atoms with van der Waals surface area (Å²) in [5.41, 5.74) is 7.23. The van der Waals surface area contributed by atoms with Crippen LogP contribution in [0.5, 0.6) is 0 Å². The first-order valence-electron chi connectivity index (χ1n) is 7.35. The molecule has 5 nitrogen and oxygen atoms in total. The number of aromatic nitrogens is 1. The normalized spacial score (nSPS) is 17.7. The van der Waals surface area contributed by atoms with Crippen molar-refractivity contribution in [1.29, 1.82) is 0 Å². The third kappa shape index (κ3) is 4.98. The fourth-order valence-corrected chi connectivity index (χ4v) is 2.97. The van der Waals surface area contributed by atoms with Crippen molar-refractivity contribution in [3.8, 4) is 0 Å². The Labute approximate surface area is 130 Å². The first-order valence-corrected chi connectivity index (χ1v) is 8.74. The summed E-state index contributed by atoms with van der Waals surface area (Å²) in [6.45, 7) is 4.28. The Morgan fingerprint density at radius 1 is 1.33 bits per heavy atom. The van der Waals surface area contributed by atoms with E-state index in [1.54, 1.807) is 11.8 Å². The largest absolute Gasteiger partial charge is 0.339 e. The molecule has 1 amide bonds. The lowest BCUT2D eigenvalue weighted by Crippen LogP contribution is -2.53. The van der Waals surface area contributed by atoms with Crippen LogP contribution in [-0.4, -0.2) is 64.9 Å². The summed E-state index contributed by atoms with van der Waals surface area (Å²) in [5, 5.41) is 0. The van der Waals surface area contributed by atoms with Crippen LogP contribution in [0.1, 0.15) is 12.0 Å². The monoisotopic (exact) mass is 308 g/mol. The van der Waals surface area contributed by atoms with Crippen LogP contribution in [0.2, 0.25) is 0 Å². The molecule has 0 aliphatic carbocycles. The second-order valence-corrected chi connectivity index (χ2v) is 6.33. The predicted octanol–water partition coefficient (Wildman–Crippen LogP) is 0.806. The van der Waals surface area contributed by atoms with E-state index in [4.69, 9.17) is 5.73 Å². The van der Waals surface area contributed by atoms with Gasteiger partial charge in [-0.3, -0.25) is 14.7 Å². The second-order valence-electron chi connectivity index (χ2n) is 5.34. The number of rotatable bonds is 6. The molecule has 21 heavy (non-hydrogen) atoms. The lowest BCUT2D eigenvalue weighted by molar-refractivity contribution is -0.134. The first kappa shape index (κ1) is 16.3. The van der Waals surface area contributed by atoms with Crippen LogP contribution >= 0.6 is 11.8 Å². The molecule has 0 spiro atoms. The number of hydrogen-bond donors (Lipinski definition) is 1. The molecule has 0 radical (unpaired) electrons. The molecule has 2 heterocycles. The van der Waals surface area contributed by atoms with Crippen LogP contribution in [-0.2, 0) is 11.3 Å². The topological polar surface area (TPSA) is 62.5 Å². The Hall–Kier alpha value is -1.11. The highest BCUT2D eigenvalue weighted by atomic mass is 32.2. The highest BCUT2D eigenvalue weighted by Crippen LogP contribution is 2.10. The van der Waals surface area contributed by atoms with Crippen molar-refractivity contribution in [2.75, 3.05) is 38.2 Å². The van der Waals surface area contributed by atoms with E-state index in [9.17, 15) is 4.79 Å². The van der Waals surface area contributed by atoms with Crippen molar-refractivity contribution >= 4 is 17.7 Å². The molecule has 0 aromatic carbocycles. The second kappa shape index (κ2) is 8.36. The molecule has 0 saturated carbocycles. The van der Waals surface area contributed by atoms with Gasteiger partial charge in [-0.1, -0.05) is 0 Å². The maximum absolute atomic E-state index is 12.2. The molecule has 1 aliphatic rings. The van der Waals surface area contributed by atoms with Gasteiger partial charge >= 0.3 is 0 Å². The number of carbonyl (C=O) groups excluding carboxylic acids is 1. The molecular formula is C15H24N4OS. The van der Waals surface area contributed by atoms with E-state index in [0.717, 1.165) is 44.9 Å². The Balaban J connectivity index is 1.76. The summed E-state index contributed by atoms with van der Waals surface area (Å²) >= 11 is 1.73. The molecule has 0 bridgehead atoms. The summed E-state index contributed by atoms with van der Waals surface area (Å²) in [5.74, 6) is 1.04. The number of nitrogens with two attached hydrogens (primary N) is 1. The van der Waals surface area contributed by atoms with E-state index < -0.39 is 0 Å². The average Bonchev–Trinajstić information content (AvgIpc) is 2.53. The van der Waals surface area contributed by atoms with E-state index >= 15 is 0 Å². The molecular weight excluding hydrogens is 284 g/mol. The number of carbonyl (C=O) groups is 1. The Bertz CT molecular complexity index is 435. The molecule has 1 aromatic rings. The summed E-state index contributed by atoms with van der Waals surface area (Å²) in [4.78, 5) is 20.5. The van der Waals surface area contributed by atoms with Crippen molar-refractivity contribution in [3.63, 3.8) is 0 Å². The first-order chi connectivity index (χ1) is 10.2. The van der Waals surface area contributed by atoms with Gasteiger partial charge in [0, 0.05) is 45.1 Å². The molecule has 1 saturated heterocycles. The summed E-state index contributed by atoms with van der Waals surface area (Å²) < 4.78 is 0. The molecule has 116 valence electrons. The lowest BCUT2D eigenvalue weighted by atomic mass is 10.2.